The summed E-state index contributed by atoms with van der Waals surface area (Å²) >= 11 is 0. The van der Waals surface area contributed by atoms with E-state index in [9.17, 15) is 9.18 Å². The van der Waals surface area contributed by atoms with E-state index in [0.717, 1.165) is 16.6 Å². The Labute approximate surface area is 161 Å². The number of methoxy groups -OCH3 is 1. The largest absolute Gasteiger partial charge is 0.497 e. The molecule has 140 valence electrons. The summed E-state index contributed by atoms with van der Waals surface area (Å²) < 4.78 is 21.0. The number of benzene rings is 3. The number of hydrogen-bond acceptors (Lipinski definition) is 3. The maximum Gasteiger partial charge on any atom is 0.244 e. The van der Waals surface area contributed by atoms with Crippen LogP contribution in [0.15, 0.2) is 72.8 Å². The zero-order valence-corrected chi connectivity index (χ0v) is 15.2. The van der Waals surface area contributed by atoms with Gasteiger partial charge in [-0.25, -0.2) is 9.37 Å². The minimum absolute atomic E-state index is 0.00138. The summed E-state index contributed by atoms with van der Waals surface area (Å²) in [5, 5.41) is 2.63. The highest BCUT2D eigenvalue weighted by Crippen LogP contribution is 2.27. The predicted molar refractivity (Wildman–Crippen MR) is 107 cm³/mol. The Morgan fingerprint density at radius 2 is 1.86 bits per heavy atom. The van der Waals surface area contributed by atoms with Crippen molar-refractivity contribution in [2.24, 2.45) is 0 Å². The van der Waals surface area contributed by atoms with Crippen molar-refractivity contribution in [1.82, 2.24) is 9.55 Å². The van der Waals surface area contributed by atoms with Crippen LogP contribution < -0.4 is 10.1 Å². The third-order valence-corrected chi connectivity index (χ3v) is 4.43. The molecule has 0 aliphatic rings. The Morgan fingerprint density at radius 3 is 2.68 bits per heavy atom. The number of nitrogens with one attached hydrogen (secondary N) is 1. The van der Waals surface area contributed by atoms with Crippen LogP contribution in [0.25, 0.3) is 22.4 Å². The number of aromatic nitrogens is 2. The fourth-order valence-electron chi connectivity index (χ4n) is 3.11. The van der Waals surface area contributed by atoms with Gasteiger partial charge in [0.2, 0.25) is 5.91 Å². The average molecular weight is 375 g/mol. The molecule has 1 N–H and O–H groups in total. The minimum atomic E-state index is -0.473. The molecule has 0 saturated carbocycles. The molecule has 0 saturated heterocycles. The third-order valence-electron chi connectivity index (χ3n) is 4.43. The van der Waals surface area contributed by atoms with Crippen LogP contribution in [0.3, 0.4) is 0 Å². The van der Waals surface area contributed by atoms with Gasteiger partial charge in [0.1, 0.15) is 23.9 Å². The first-order valence-electron chi connectivity index (χ1n) is 8.80. The van der Waals surface area contributed by atoms with Gasteiger partial charge in [0.15, 0.2) is 0 Å². The molecule has 0 unspecified atom stereocenters. The highest BCUT2D eigenvalue weighted by Gasteiger charge is 2.16. The fraction of sp³-hybridized carbons (Fsp3) is 0.0909. The van der Waals surface area contributed by atoms with E-state index in [0.29, 0.717) is 11.6 Å². The zero-order valence-electron chi connectivity index (χ0n) is 15.2. The van der Waals surface area contributed by atoms with Crippen LogP contribution in [-0.2, 0) is 11.3 Å². The molecule has 1 aromatic heterocycles. The number of ether oxygens (including phenoxy) is 1. The van der Waals surface area contributed by atoms with Gasteiger partial charge in [-0.05, 0) is 36.4 Å². The van der Waals surface area contributed by atoms with Gasteiger partial charge in [0.25, 0.3) is 0 Å². The van der Waals surface area contributed by atoms with E-state index in [1.165, 1.54) is 12.1 Å². The molecule has 3 aromatic carbocycles. The lowest BCUT2D eigenvalue weighted by Gasteiger charge is -2.11. The first-order valence-corrected chi connectivity index (χ1v) is 8.80. The predicted octanol–water partition coefficient (Wildman–Crippen LogP) is 4.49. The number of carbonyl (C=O) groups excluding carboxylic acids is 1. The van der Waals surface area contributed by atoms with Gasteiger partial charge in [0, 0.05) is 5.56 Å². The number of nitrogens with zero attached hydrogens (tertiary/aromatic N) is 2. The molecule has 1 amide bonds. The molecule has 4 rings (SSSR count). The second kappa shape index (κ2) is 7.52. The van der Waals surface area contributed by atoms with Crippen LogP contribution in [0, 0.1) is 5.82 Å². The number of carbonyl (C=O) groups is 1. The Hall–Kier alpha value is -3.67. The van der Waals surface area contributed by atoms with Crippen LogP contribution in [0.1, 0.15) is 0 Å². The third kappa shape index (κ3) is 3.44. The maximum absolute atomic E-state index is 13.9. The molecular formula is C22H18FN3O2. The molecule has 4 aromatic rings. The summed E-state index contributed by atoms with van der Waals surface area (Å²) in [5.74, 6) is 0.535. The monoisotopic (exact) mass is 375 g/mol. The highest BCUT2D eigenvalue weighted by molar-refractivity contribution is 5.92. The molecule has 6 heteroatoms. The smallest absolute Gasteiger partial charge is 0.244 e. The minimum Gasteiger partial charge on any atom is -0.497 e. The van der Waals surface area contributed by atoms with Crippen molar-refractivity contribution < 1.29 is 13.9 Å². The Balaban J connectivity index is 1.73. The Morgan fingerprint density at radius 1 is 1.07 bits per heavy atom. The molecule has 28 heavy (non-hydrogen) atoms. The normalized spacial score (nSPS) is 10.8. The van der Waals surface area contributed by atoms with Crippen molar-refractivity contribution in [1.29, 1.82) is 0 Å². The second-order valence-corrected chi connectivity index (χ2v) is 6.27. The molecule has 0 aliphatic carbocycles. The Kier molecular flexibility index (Phi) is 4.76. The lowest BCUT2D eigenvalue weighted by atomic mass is 10.2. The van der Waals surface area contributed by atoms with Gasteiger partial charge in [-0.15, -0.1) is 0 Å². The number of fused-ring (bicyclic) bond motifs is 1. The van der Waals surface area contributed by atoms with Gasteiger partial charge in [0.05, 0.1) is 23.8 Å². The number of halogens is 1. The summed E-state index contributed by atoms with van der Waals surface area (Å²) in [7, 11) is 1.60. The number of rotatable bonds is 5. The molecule has 0 aliphatic heterocycles. The number of imidazole rings is 1. The van der Waals surface area contributed by atoms with Crippen LogP contribution >= 0.6 is 0 Å². The summed E-state index contributed by atoms with van der Waals surface area (Å²) in [6.45, 7) is 0.00138. The van der Waals surface area contributed by atoms with E-state index in [-0.39, 0.29) is 18.1 Å². The van der Waals surface area contributed by atoms with E-state index < -0.39 is 5.82 Å². The summed E-state index contributed by atoms with van der Waals surface area (Å²) in [6, 6.07) is 21.2. The zero-order chi connectivity index (χ0) is 19.5. The number of hydrogen-bond donors (Lipinski definition) is 1. The molecule has 0 radical (unpaired) electrons. The van der Waals surface area contributed by atoms with Crippen molar-refractivity contribution in [2.75, 3.05) is 12.4 Å². The summed E-state index contributed by atoms with van der Waals surface area (Å²) in [6.07, 6.45) is 0. The van der Waals surface area contributed by atoms with E-state index in [2.05, 4.69) is 10.3 Å². The van der Waals surface area contributed by atoms with Crippen molar-refractivity contribution in [2.45, 2.75) is 6.54 Å². The van der Waals surface area contributed by atoms with Crippen molar-refractivity contribution >= 4 is 22.6 Å². The van der Waals surface area contributed by atoms with Crippen molar-refractivity contribution in [3.05, 3.63) is 78.6 Å². The molecule has 0 bridgehead atoms. The SMILES string of the molecule is COc1cccc(-c2nc3ccccc3n2CC(=O)Nc2ccccc2F)c1. The maximum atomic E-state index is 13.9. The van der Waals surface area contributed by atoms with Crippen LogP contribution in [0.5, 0.6) is 5.75 Å². The van der Waals surface area contributed by atoms with Crippen molar-refractivity contribution in [3.63, 3.8) is 0 Å². The van der Waals surface area contributed by atoms with Gasteiger partial charge >= 0.3 is 0 Å². The molecule has 0 fully saturated rings. The van der Waals surface area contributed by atoms with Crippen LogP contribution in [0.2, 0.25) is 0 Å². The molecule has 5 nitrogen and oxygen atoms in total. The molecule has 1 heterocycles. The summed E-state index contributed by atoms with van der Waals surface area (Å²) in [4.78, 5) is 17.3. The van der Waals surface area contributed by atoms with E-state index in [4.69, 9.17) is 4.74 Å². The van der Waals surface area contributed by atoms with E-state index in [1.54, 1.807) is 19.2 Å². The van der Waals surface area contributed by atoms with E-state index in [1.807, 2.05) is 53.1 Å². The lowest BCUT2D eigenvalue weighted by Crippen LogP contribution is -2.20. The first kappa shape index (κ1) is 17.7. The number of anilines is 1. The fourth-order valence-corrected chi connectivity index (χ4v) is 3.11. The molecule has 0 spiro atoms. The molecule has 0 atom stereocenters. The van der Waals surface area contributed by atoms with Crippen LogP contribution in [0.4, 0.5) is 10.1 Å². The average Bonchev–Trinajstić information content (AvgIpc) is 3.08. The highest BCUT2D eigenvalue weighted by atomic mass is 19.1. The van der Waals surface area contributed by atoms with E-state index >= 15 is 0 Å². The topological polar surface area (TPSA) is 56.2 Å². The standard InChI is InChI=1S/C22H18FN3O2/c1-28-16-8-6-7-15(13-16)22-25-19-11-4-5-12-20(19)26(22)14-21(27)24-18-10-3-2-9-17(18)23/h2-13H,14H2,1H3,(H,24,27). The quantitative estimate of drug-likeness (QED) is 0.559. The molecular weight excluding hydrogens is 357 g/mol. The Bertz CT molecular complexity index is 1150. The summed E-state index contributed by atoms with van der Waals surface area (Å²) in [5.41, 5.74) is 2.58. The second-order valence-electron chi connectivity index (χ2n) is 6.27. The van der Waals surface area contributed by atoms with Gasteiger partial charge in [-0.3, -0.25) is 4.79 Å². The number of amides is 1. The number of para-hydroxylation sites is 3. The lowest BCUT2D eigenvalue weighted by molar-refractivity contribution is -0.116. The first-order chi connectivity index (χ1) is 13.7. The van der Waals surface area contributed by atoms with Crippen LogP contribution in [-0.4, -0.2) is 22.6 Å². The van der Waals surface area contributed by atoms with Crippen molar-refractivity contribution in [3.8, 4) is 17.1 Å². The van der Waals surface area contributed by atoms with Gasteiger partial charge in [-0.2, -0.15) is 0 Å². The van der Waals surface area contributed by atoms with Gasteiger partial charge in [-0.1, -0.05) is 36.4 Å². The van der Waals surface area contributed by atoms with Gasteiger partial charge < -0.3 is 14.6 Å².